The Morgan fingerprint density at radius 2 is 1.97 bits per heavy atom. The maximum Gasteiger partial charge on any atom is 0.266 e. The lowest BCUT2D eigenvalue weighted by Gasteiger charge is -2.29. The first kappa shape index (κ1) is 23.0. The minimum Gasteiger partial charge on any atom is -0.494 e. The molecule has 174 valence electrons. The SMILES string of the molecule is C=CC[C@]1(C(=O)NNCC2CC2)N=C(c2ccc(OCCCO)cc2)O[C@H]1c1ccccc1. The first-order valence-electron chi connectivity index (χ1n) is 11.5. The molecule has 2 aromatic carbocycles. The largest absolute Gasteiger partial charge is 0.494 e. The summed E-state index contributed by atoms with van der Waals surface area (Å²) < 4.78 is 12.0. The van der Waals surface area contributed by atoms with Gasteiger partial charge in [-0.2, -0.15) is 0 Å². The van der Waals surface area contributed by atoms with Crippen molar-refractivity contribution in [3.63, 3.8) is 0 Å². The molecule has 7 heteroatoms. The van der Waals surface area contributed by atoms with Crippen LogP contribution in [0.15, 0.2) is 72.2 Å². The predicted octanol–water partition coefficient (Wildman–Crippen LogP) is 3.31. The number of aliphatic hydroxyl groups is 1. The van der Waals surface area contributed by atoms with Gasteiger partial charge in [-0.25, -0.2) is 10.4 Å². The van der Waals surface area contributed by atoms with Gasteiger partial charge in [-0.15, -0.1) is 6.58 Å². The van der Waals surface area contributed by atoms with Crippen molar-refractivity contribution in [1.82, 2.24) is 10.9 Å². The maximum atomic E-state index is 13.5. The highest BCUT2D eigenvalue weighted by molar-refractivity contribution is 6.01. The van der Waals surface area contributed by atoms with Gasteiger partial charge in [-0.3, -0.25) is 10.2 Å². The lowest BCUT2D eigenvalue weighted by Crippen LogP contribution is -2.52. The number of hydrogen-bond acceptors (Lipinski definition) is 6. The number of aliphatic imine (C=N–C) groups is 1. The molecule has 7 nitrogen and oxygen atoms in total. The smallest absolute Gasteiger partial charge is 0.266 e. The van der Waals surface area contributed by atoms with Gasteiger partial charge in [0.25, 0.3) is 5.91 Å². The maximum absolute atomic E-state index is 13.5. The normalized spacial score (nSPS) is 21.7. The summed E-state index contributed by atoms with van der Waals surface area (Å²) >= 11 is 0. The van der Waals surface area contributed by atoms with Gasteiger partial charge in [-0.1, -0.05) is 36.4 Å². The van der Waals surface area contributed by atoms with Crippen LogP contribution in [0.4, 0.5) is 0 Å². The summed E-state index contributed by atoms with van der Waals surface area (Å²) in [6.45, 7) is 5.17. The van der Waals surface area contributed by atoms with E-state index in [1.54, 1.807) is 6.08 Å². The van der Waals surface area contributed by atoms with Crippen LogP contribution in [-0.2, 0) is 9.53 Å². The lowest BCUT2D eigenvalue weighted by molar-refractivity contribution is -0.129. The van der Waals surface area contributed by atoms with E-state index in [1.165, 1.54) is 12.8 Å². The Hall–Kier alpha value is -3.16. The quantitative estimate of drug-likeness (QED) is 0.263. The molecule has 4 rings (SSSR count). The Morgan fingerprint density at radius 1 is 1.21 bits per heavy atom. The van der Waals surface area contributed by atoms with Crippen molar-refractivity contribution in [3.8, 4) is 5.75 Å². The minimum absolute atomic E-state index is 0.0898. The highest BCUT2D eigenvalue weighted by atomic mass is 16.5. The molecule has 2 aromatic rings. The number of carbonyl (C=O) groups excluding carboxylic acids is 1. The Bertz CT molecular complexity index is 973. The molecule has 0 saturated heterocycles. The predicted molar refractivity (Wildman–Crippen MR) is 127 cm³/mol. The molecule has 1 fully saturated rings. The van der Waals surface area contributed by atoms with Gasteiger partial charge < -0.3 is 14.6 Å². The topological polar surface area (TPSA) is 92.2 Å². The molecule has 0 radical (unpaired) electrons. The standard InChI is InChI=1S/C26H31N3O4/c1-2-15-26(25(31)29-27-18-19-9-10-19)23(20-7-4-3-5-8-20)33-24(28-26)21-11-13-22(14-12-21)32-17-6-16-30/h2-5,7-8,11-14,19,23,27,30H,1,6,9-10,15-18H2,(H,29,31)/t23-,26-/m0/s1. The molecule has 33 heavy (non-hydrogen) atoms. The van der Waals surface area contributed by atoms with E-state index in [0.717, 1.165) is 17.7 Å². The van der Waals surface area contributed by atoms with Gasteiger partial charge in [0.2, 0.25) is 5.90 Å². The van der Waals surface area contributed by atoms with Crippen LogP contribution in [0.3, 0.4) is 0 Å². The summed E-state index contributed by atoms with van der Waals surface area (Å²) in [5.41, 5.74) is 6.40. The summed E-state index contributed by atoms with van der Waals surface area (Å²) in [6.07, 6.45) is 4.41. The molecule has 1 saturated carbocycles. The van der Waals surface area contributed by atoms with Crippen LogP contribution < -0.4 is 15.6 Å². The Morgan fingerprint density at radius 3 is 2.64 bits per heavy atom. The average molecular weight is 450 g/mol. The Kier molecular flexibility index (Phi) is 7.42. The third-order valence-corrected chi connectivity index (χ3v) is 5.88. The number of nitrogens with zero attached hydrogens (tertiary/aromatic N) is 1. The molecule has 1 aliphatic heterocycles. The fraction of sp³-hybridized carbons (Fsp3) is 0.385. The van der Waals surface area contributed by atoms with Gasteiger partial charge in [0.05, 0.1) is 6.61 Å². The number of carbonyl (C=O) groups is 1. The van der Waals surface area contributed by atoms with Crippen molar-refractivity contribution in [2.24, 2.45) is 10.9 Å². The van der Waals surface area contributed by atoms with Crippen LogP contribution in [0.2, 0.25) is 0 Å². The lowest BCUT2D eigenvalue weighted by atomic mass is 9.84. The van der Waals surface area contributed by atoms with E-state index in [0.29, 0.717) is 37.0 Å². The molecule has 3 N–H and O–H groups in total. The van der Waals surface area contributed by atoms with E-state index in [9.17, 15) is 4.79 Å². The molecule has 0 aromatic heterocycles. The van der Waals surface area contributed by atoms with Gasteiger partial charge >= 0.3 is 0 Å². The summed E-state index contributed by atoms with van der Waals surface area (Å²) in [5, 5.41) is 8.92. The highest BCUT2D eigenvalue weighted by Crippen LogP contribution is 2.42. The number of rotatable bonds is 12. The van der Waals surface area contributed by atoms with E-state index in [-0.39, 0.29) is 12.5 Å². The Balaban J connectivity index is 1.60. The summed E-state index contributed by atoms with van der Waals surface area (Å²) in [6, 6.07) is 17.1. The highest BCUT2D eigenvalue weighted by Gasteiger charge is 2.52. The summed E-state index contributed by atoms with van der Waals surface area (Å²) in [7, 11) is 0. The van der Waals surface area contributed by atoms with Crippen molar-refractivity contribution in [1.29, 1.82) is 0 Å². The van der Waals surface area contributed by atoms with Crippen molar-refractivity contribution in [2.75, 3.05) is 19.8 Å². The molecule has 2 atom stereocenters. The van der Waals surface area contributed by atoms with Crippen LogP contribution >= 0.6 is 0 Å². The molecule has 2 aliphatic rings. The van der Waals surface area contributed by atoms with Crippen LogP contribution in [0.25, 0.3) is 0 Å². The third-order valence-electron chi connectivity index (χ3n) is 5.88. The zero-order valence-corrected chi connectivity index (χ0v) is 18.7. The second-order valence-electron chi connectivity index (χ2n) is 8.47. The molecule has 1 amide bonds. The van der Waals surface area contributed by atoms with Gasteiger partial charge in [0.1, 0.15) is 5.75 Å². The monoisotopic (exact) mass is 449 g/mol. The van der Waals surface area contributed by atoms with Crippen molar-refractivity contribution < 1.29 is 19.4 Å². The minimum atomic E-state index is -1.18. The molecule has 0 spiro atoms. The van der Waals surface area contributed by atoms with Crippen molar-refractivity contribution in [2.45, 2.75) is 37.3 Å². The number of ether oxygens (including phenoxy) is 2. The van der Waals surface area contributed by atoms with E-state index >= 15 is 0 Å². The number of benzene rings is 2. The number of aliphatic hydroxyl groups excluding tert-OH is 1. The van der Waals surface area contributed by atoms with Gasteiger partial charge in [0.15, 0.2) is 11.6 Å². The van der Waals surface area contributed by atoms with E-state index in [1.807, 2.05) is 54.6 Å². The second kappa shape index (κ2) is 10.6. The van der Waals surface area contributed by atoms with Crippen LogP contribution in [0.5, 0.6) is 5.75 Å². The van der Waals surface area contributed by atoms with Crippen LogP contribution in [-0.4, -0.2) is 42.2 Å². The van der Waals surface area contributed by atoms with Gasteiger partial charge in [0, 0.05) is 31.6 Å². The van der Waals surface area contributed by atoms with Crippen LogP contribution in [0, 0.1) is 5.92 Å². The summed E-state index contributed by atoms with van der Waals surface area (Å²) in [5.74, 6) is 1.49. The average Bonchev–Trinajstić information content (AvgIpc) is 3.59. The van der Waals surface area contributed by atoms with E-state index < -0.39 is 11.6 Å². The second-order valence-corrected chi connectivity index (χ2v) is 8.47. The van der Waals surface area contributed by atoms with Crippen LogP contribution in [0.1, 0.15) is 42.9 Å². The molecule has 0 bridgehead atoms. The van der Waals surface area contributed by atoms with Crippen molar-refractivity contribution in [3.05, 3.63) is 78.4 Å². The Labute approximate surface area is 194 Å². The van der Waals surface area contributed by atoms with Crippen molar-refractivity contribution >= 4 is 11.8 Å². The van der Waals surface area contributed by atoms with E-state index in [4.69, 9.17) is 19.6 Å². The zero-order valence-electron chi connectivity index (χ0n) is 18.7. The fourth-order valence-electron chi connectivity index (χ4n) is 3.87. The van der Waals surface area contributed by atoms with Gasteiger partial charge in [-0.05, 0) is 48.6 Å². The number of amides is 1. The first-order valence-corrected chi connectivity index (χ1v) is 11.5. The molecular formula is C26H31N3O4. The third kappa shape index (κ3) is 5.43. The zero-order chi connectivity index (χ0) is 23.1. The fourth-order valence-corrected chi connectivity index (χ4v) is 3.87. The number of nitrogens with one attached hydrogen (secondary N) is 2. The molecule has 1 heterocycles. The molecular weight excluding hydrogens is 418 g/mol. The van der Waals surface area contributed by atoms with E-state index in [2.05, 4.69) is 17.4 Å². The number of hydrogen-bond donors (Lipinski definition) is 3. The molecule has 1 aliphatic carbocycles. The number of hydrazine groups is 1. The molecule has 0 unspecified atom stereocenters. The summed E-state index contributed by atoms with van der Waals surface area (Å²) in [4.78, 5) is 18.3. The first-order chi connectivity index (χ1) is 16.2.